The minimum absolute atomic E-state index is 0.0331. The molecule has 0 saturated carbocycles. The number of carbonyl (C=O) groups is 2. The molecule has 0 bridgehead atoms. The fraction of sp³-hybridized carbons (Fsp3) is 0.500. The minimum Gasteiger partial charge on any atom is -0.396 e. The SMILES string of the molecule is C=CN(C=O)C(CCO)CC(N)=O. The van der Waals surface area contributed by atoms with Crippen LogP contribution in [0.4, 0.5) is 0 Å². The Hall–Kier alpha value is -1.36. The zero-order chi connectivity index (χ0) is 10.3. The number of hydrogen-bond acceptors (Lipinski definition) is 3. The molecule has 1 unspecified atom stereocenters. The van der Waals surface area contributed by atoms with E-state index in [2.05, 4.69) is 6.58 Å². The fourth-order valence-electron chi connectivity index (χ4n) is 1.02. The van der Waals surface area contributed by atoms with Gasteiger partial charge in [0.2, 0.25) is 12.3 Å². The Morgan fingerprint density at radius 2 is 2.31 bits per heavy atom. The summed E-state index contributed by atoms with van der Waals surface area (Å²) in [7, 11) is 0. The van der Waals surface area contributed by atoms with Crippen LogP contribution in [0.3, 0.4) is 0 Å². The van der Waals surface area contributed by atoms with Crippen LogP contribution < -0.4 is 5.73 Å². The van der Waals surface area contributed by atoms with Crippen LogP contribution in [-0.2, 0) is 9.59 Å². The normalized spacial score (nSPS) is 11.8. The number of nitrogens with zero attached hydrogens (tertiary/aromatic N) is 1. The Balaban J connectivity index is 4.27. The number of aliphatic hydroxyl groups excluding tert-OH is 1. The molecule has 0 heterocycles. The van der Waals surface area contributed by atoms with Gasteiger partial charge < -0.3 is 15.7 Å². The molecule has 1 atom stereocenters. The second-order valence-corrected chi connectivity index (χ2v) is 2.57. The Labute approximate surface area is 76.8 Å². The Bertz CT molecular complexity index is 186. The lowest BCUT2D eigenvalue weighted by molar-refractivity contribution is -0.121. The molecule has 3 N–H and O–H groups in total. The molecule has 74 valence electrons. The highest BCUT2D eigenvalue weighted by Crippen LogP contribution is 2.06. The molecule has 0 saturated heterocycles. The number of rotatable bonds is 7. The maximum atomic E-state index is 10.6. The Morgan fingerprint density at radius 1 is 1.69 bits per heavy atom. The first-order valence-corrected chi connectivity index (χ1v) is 3.90. The highest BCUT2D eigenvalue weighted by atomic mass is 16.3. The van der Waals surface area contributed by atoms with Crippen molar-refractivity contribution in [3.8, 4) is 0 Å². The lowest BCUT2D eigenvalue weighted by atomic mass is 10.1. The van der Waals surface area contributed by atoms with Gasteiger partial charge in [0.1, 0.15) is 0 Å². The molecular formula is C8H14N2O3. The number of amides is 2. The third-order valence-corrected chi connectivity index (χ3v) is 1.65. The summed E-state index contributed by atoms with van der Waals surface area (Å²) in [6, 6.07) is -0.391. The van der Waals surface area contributed by atoms with E-state index in [9.17, 15) is 9.59 Å². The van der Waals surface area contributed by atoms with Gasteiger partial charge >= 0.3 is 0 Å². The van der Waals surface area contributed by atoms with Gasteiger partial charge in [-0.25, -0.2) is 0 Å². The van der Waals surface area contributed by atoms with E-state index in [1.54, 1.807) is 0 Å². The van der Waals surface area contributed by atoms with E-state index in [1.807, 2.05) is 0 Å². The third kappa shape index (κ3) is 4.27. The van der Waals surface area contributed by atoms with Crippen molar-refractivity contribution in [3.63, 3.8) is 0 Å². The highest BCUT2D eigenvalue weighted by Gasteiger charge is 2.16. The van der Waals surface area contributed by atoms with Gasteiger partial charge in [0.25, 0.3) is 0 Å². The number of nitrogens with two attached hydrogens (primary N) is 1. The summed E-state index contributed by atoms with van der Waals surface area (Å²) < 4.78 is 0. The van der Waals surface area contributed by atoms with Crippen LogP contribution in [0.5, 0.6) is 0 Å². The molecule has 0 aromatic rings. The van der Waals surface area contributed by atoms with Gasteiger partial charge in [0.05, 0.1) is 0 Å². The van der Waals surface area contributed by atoms with Crippen LogP contribution in [0.2, 0.25) is 0 Å². The van der Waals surface area contributed by atoms with Gasteiger partial charge in [-0.2, -0.15) is 0 Å². The van der Waals surface area contributed by atoms with Gasteiger partial charge in [-0.15, -0.1) is 0 Å². The highest BCUT2D eigenvalue weighted by molar-refractivity contribution is 5.74. The quantitative estimate of drug-likeness (QED) is 0.511. The molecule has 2 amide bonds. The monoisotopic (exact) mass is 186 g/mol. The molecule has 5 heteroatoms. The van der Waals surface area contributed by atoms with Crippen LogP contribution in [0.15, 0.2) is 12.8 Å². The van der Waals surface area contributed by atoms with E-state index in [0.717, 1.165) is 0 Å². The second-order valence-electron chi connectivity index (χ2n) is 2.57. The molecule has 0 aromatic heterocycles. The maximum Gasteiger partial charge on any atom is 0.219 e. The zero-order valence-corrected chi connectivity index (χ0v) is 7.35. The first-order valence-electron chi connectivity index (χ1n) is 3.90. The molecule has 5 nitrogen and oxygen atoms in total. The summed E-state index contributed by atoms with van der Waals surface area (Å²) in [5.74, 6) is -0.507. The van der Waals surface area contributed by atoms with E-state index in [-0.39, 0.29) is 13.0 Å². The summed E-state index contributed by atoms with van der Waals surface area (Å²) in [5, 5.41) is 8.66. The molecule has 0 aliphatic rings. The van der Waals surface area contributed by atoms with Crippen LogP contribution in [-0.4, -0.2) is 35.0 Å². The van der Waals surface area contributed by atoms with Gasteiger partial charge in [-0.3, -0.25) is 9.59 Å². The van der Waals surface area contributed by atoms with Crippen molar-refractivity contribution in [2.24, 2.45) is 5.73 Å². The number of primary amides is 1. The molecule has 0 radical (unpaired) electrons. The summed E-state index contributed by atoms with van der Waals surface area (Å²) >= 11 is 0. The molecular weight excluding hydrogens is 172 g/mol. The van der Waals surface area contributed by atoms with Gasteiger partial charge in [0, 0.05) is 19.1 Å². The van der Waals surface area contributed by atoms with Crippen molar-refractivity contribution in [1.82, 2.24) is 4.90 Å². The van der Waals surface area contributed by atoms with E-state index in [4.69, 9.17) is 10.8 Å². The van der Waals surface area contributed by atoms with E-state index < -0.39 is 11.9 Å². The first-order chi connectivity index (χ1) is 6.15. The van der Waals surface area contributed by atoms with E-state index in [1.165, 1.54) is 11.1 Å². The average molecular weight is 186 g/mol. The summed E-state index contributed by atoms with van der Waals surface area (Å²) in [6.45, 7) is 3.30. The minimum atomic E-state index is -0.507. The van der Waals surface area contributed by atoms with Crippen molar-refractivity contribution in [3.05, 3.63) is 12.8 Å². The topological polar surface area (TPSA) is 83.6 Å². The predicted octanol–water partition coefficient (Wildman–Crippen LogP) is -0.785. The lowest BCUT2D eigenvalue weighted by Crippen LogP contribution is -2.34. The predicted molar refractivity (Wildman–Crippen MR) is 47.4 cm³/mol. The van der Waals surface area contributed by atoms with Gasteiger partial charge in [-0.1, -0.05) is 6.58 Å². The van der Waals surface area contributed by atoms with Gasteiger partial charge in [-0.05, 0) is 12.6 Å². The van der Waals surface area contributed by atoms with Crippen molar-refractivity contribution in [2.75, 3.05) is 6.61 Å². The second kappa shape index (κ2) is 6.19. The standard InChI is InChI=1S/C8H14N2O3/c1-2-10(6-12)7(3-4-11)5-8(9)13/h2,6-7,11H,1,3-5H2,(H2,9,13). The maximum absolute atomic E-state index is 10.6. The van der Waals surface area contributed by atoms with Gasteiger partial charge in [0.15, 0.2) is 0 Å². The largest absolute Gasteiger partial charge is 0.396 e. The number of aliphatic hydroxyl groups is 1. The van der Waals surface area contributed by atoms with E-state index >= 15 is 0 Å². The molecule has 0 fully saturated rings. The molecule has 0 aliphatic carbocycles. The van der Waals surface area contributed by atoms with Crippen molar-refractivity contribution < 1.29 is 14.7 Å². The first kappa shape index (κ1) is 11.6. The third-order valence-electron chi connectivity index (χ3n) is 1.65. The van der Waals surface area contributed by atoms with Crippen LogP contribution in [0, 0.1) is 0 Å². The van der Waals surface area contributed by atoms with E-state index in [0.29, 0.717) is 12.8 Å². The molecule has 13 heavy (non-hydrogen) atoms. The molecule has 0 spiro atoms. The smallest absolute Gasteiger partial charge is 0.219 e. The Kier molecular flexibility index (Phi) is 5.54. The van der Waals surface area contributed by atoms with Crippen molar-refractivity contribution in [1.29, 1.82) is 0 Å². The van der Waals surface area contributed by atoms with Crippen LogP contribution >= 0.6 is 0 Å². The molecule has 0 aromatic carbocycles. The summed E-state index contributed by atoms with van der Waals surface area (Å²) in [6.07, 6.45) is 2.20. The Morgan fingerprint density at radius 3 is 2.62 bits per heavy atom. The van der Waals surface area contributed by atoms with Crippen molar-refractivity contribution in [2.45, 2.75) is 18.9 Å². The summed E-state index contributed by atoms with van der Waals surface area (Å²) in [5.41, 5.74) is 4.97. The average Bonchev–Trinajstić information content (AvgIpc) is 2.05. The number of hydrogen-bond donors (Lipinski definition) is 2. The van der Waals surface area contributed by atoms with Crippen LogP contribution in [0.25, 0.3) is 0 Å². The molecule has 0 aliphatic heterocycles. The fourth-order valence-corrected chi connectivity index (χ4v) is 1.02. The summed E-state index contributed by atoms with van der Waals surface area (Å²) in [4.78, 5) is 22.3. The van der Waals surface area contributed by atoms with Crippen molar-refractivity contribution >= 4 is 12.3 Å². The lowest BCUT2D eigenvalue weighted by Gasteiger charge is -2.22. The number of carbonyl (C=O) groups excluding carboxylic acids is 2. The van der Waals surface area contributed by atoms with Crippen LogP contribution in [0.1, 0.15) is 12.8 Å². The molecule has 0 rings (SSSR count). The zero-order valence-electron chi connectivity index (χ0n) is 7.35.